The Labute approximate surface area is 167 Å². The molecular formula is C18H29IN4O2. The number of likely N-dealkylation sites (tertiary alicyclic amines) is 1. The number of methoxy groups -OCH3 is 1. The highest BCUT2D eigenvalue weighted by Gasteiger charge is 2.30. The standard InChI is InChI=1S/C18H28N4O2.HI/c1-18(2)9-12-22(13-18)17(19-3)21-11-10-20-16(23)14-5-7-15(24-4)8-6-14;/h5-8H,9-13H2,1-4H3,(H,19,21)(H,20,23);1H. The van der Waals surface area contributed by atoms with Crippen LogP contribution in [0.2, 0.25) is 0 Å². The molecule has 2 rings (SSSR count). The number of aliphatic imine (C=N–C) groups is 1. The van der Waals surface area contributed by atoms with Crippen LogP contribution in [0.15, 0.2) is 29.3 Å². The van der Waals surface area contributed by atoms with Gasteiger partial charge in [-0.05, 0) is 36.1 Å². The summed E-state index contributed by atoms with van der Waals surface area (Å²) in [5.41, 5.74) is 0.960. The van der Waals surface area contributed by atoms with Crippen LogP contribution in [0.1, 0.15) is 30.6 Å². The molecular weight excluding hydrogens is 431 g/mol. The van der Waals surface area contributed by atoms with Crippen molar-refractivity contribution in [2.75, 3.05) is 40.3 Å². The fraction of sp³-hybridized carbons (Fsp3) is 0.556. The smallest absolute Gasteiger partial charge is 0.251 e. The number of carbonyl (C=O) groups excluding carboxylic acids is 1. The van der Waals surface area contributed by atoms with Crippen molar-refractivity contribution in [3.63, 3.8) is 0 Å². The Balaban J connectivity index is 0.00000312. The third kappa shape index (κ3) is 6.37. The van der Waals surface area contributed by atoms with Crippen molar-refractivity contribution in [3.05, 3.63) is 29.8 Å². The monoisotopic (exact) mass is 460 g/mol. The first-order valence-corrected chi connectivity index (χ1v) is 8.33. The molecule has 2 N–H and O–H groups in total. The predicted octanol–water partition coefficient (Wildman–Crippen LogP) is 2.35. The number of ether oxygens (including phenoxy) is 1. The summed E-state index contributed by atoms with van der Waals surface area (Å²) >= 11 is 0. The van der Waals surface area contributed by atoms with E-state index in [4.69, 9.17) is 4.74 Å². The Morgan fingerprint density at radius 3 is 2.40 bits per heavy atom. The van der Waals surface area contributed by atoms with E-state index in [9.17, 15) is 4.79 Å². The molecule has 1 saturated heterocycles. The average molecular weight is 460 g/mol. The molecule has 6 nitrogen and oxygen atoms in total. The van der Waals surface area contributed by atoms with E-state index < -0.39 is 0 Å². The molecule has 0 spiro atoms. The van der Waals surface area contributed by atoms with Crippen molar-refractivity contribution in [3.8, 4) is 5.75 Å². The van der Waals surface area contributed by atoms with Gasteiger partial charge in [0.1, 0.15) is 5.75 Å². The highest BCUT2D eigenvalue weighted by Crippen LogP contribution is 2.28. The first-order chi connectivity index (χ1) is 11.4. The minimum absolute atomic E-state index is 0. The van der Waals surface area contributed by atoms with Crippen molar-refractivity contribution in [2.24, 2.45) is 10.4 Å². The highest BCUT2D eigenvalue weighted by atomic mass is 127. The molecule has 1 heterocycles. The molecule has 7 heteroatoms. The van der Waals surface area contributed by atoms with Crippen LogP contribution >= 0.6 is 24.0 Å². The van der Waals surface area contributed by atoms with Crippen LogP contribution < -0.4 is 15.4 Å². The van der Waals surface area contributed by atoms with Crippen LogP contribution in [-0.2, 0) is 0 Å². The molecule has 1 amide bonds. The molecule has 0 unspecified atom stereocenters. The van der Waals surface area contributed by atoms with Crippen molar-refractivity contribution in [2.45, 2.75) is 20.3 Å². The molecule has 1 aromatic carbocycles. The number of halogens is 1. The van der Waals surface area contributed by atoms with Gasteiger partial charge < -0.3 is 20.3 Å². The van der Waals surface area contributed by atoms with Crippen molar-refractivity contribution >= 4 is 35.8 Å². The molecule has 0 saturated carbocycles. The Hall–Kier alpha value is -1.51. The van der Waals surface area contributed by atoms with Gasteiger partial charge in [0, 0.05) is 38.8 Å². The van der Waals surface area contributed by atoms with E-state index in [0.717, 1.165) is 24.8 Å². The molecule has 0 aliphatic carbocycles. The number of rotatable bonds is 5. The largest absolute Gasteiger partial charge is 0.497 e. The first kappa shape index (κ1) is 21.5. The summed E-state index contributed by atoms with van der Waals surface area (Å²) in [6.07, 6.45) is 1.17. The van der Waals surface area contributed by atoms with Gasteiger partial charge in [0.15, 0.2) is 5.96 Å². The molecule has 1 aromatic rings. The van der Waals surface area contributed by atoms with E-state index in [0.29, 0.717) is 24.1 Å². The molecule has 0 aromatic heterocycles. The van der Waals surface area contributed by atoms with E-state index in [1.807, 2.05) is 0 Å². The maximum absolute atomic E-state index is 12.1. The van der Waals surface area contributed by atoms with E-state index >= 15 is 0 Å². The lowest BCUT2D eigenvalue weighted by Crippen LogP contribution is -2.43. The SMILES string of the molecule is CN=C(NCCNC(=O)c1ccc(OC)cc1)N1CCC(C)(C)C1.I. The summed E-state index contributed by atoms with van der Waals surface area (Å²) in [6, 6.07) is 7.08. The molecule has 0 radical (unpaired) electrons. The number of hydrogen-bond acceptors (Lipinski definition) is 3. The van der Waals surface area contributed by atoms with E-state index in [2.05, 4.69) is 34.4 Å². The molecule has 0 bridgehead atoms. The maximum Gasteiger partial charge on any atom is 0.251 e. The lowest BCUT2D eigenvalue weighted by Gasteiger charge is -2.23. The molecule has 1 fully saturated rings. The van der Waals surface area contributed by atoms with Gasteiger partial charge in [-0.15, -0.1) is 24.0 Å². The molecule has 1 aliphatic rings. The number of benzene rings is 1. The third-order valence-corrected chi connectivity index (χ3v) is 4.23. The fourth-order valence-electron chi connectivity index (χ4n) is 2.82. The van der Waals surface area contributed by atoms with E-state index in [1.165, 1.54) is 6.42 Å². The number of nitrogens with one attached hydrogen (secondary N) is 2. The Morgan fingerprint density at radius 1 is 1.24 bits per heavy atom. The van der Waals surface area contributed by atoms with Crippen LogP contribution in [0.3, 0.4) is 0 Å². The number of hydrogen-bond donors (Lipinski definition) is 2. The van der Waals surface area contributed by atoms with Crippen molar-refractivity contribution in [1.82, 2.24) is 15.5 Å². The second-order valence-electron chi connectivity index (χ2n) is 6.79. The second kappa shape index (κ2) is 9.84. The zero-order valence-corrected chi connectivity index (χ0v) is 17.8. The van der Waals surface area contributed by atoms with Gasteiger partial charge in [-0.25, -0.2) is 0 Å². The lowest BCUT2D eigenvalue weighted by molar-refractivity contribution is 0.0954. The van der Waals surface area contributed by atoms with E-state index in [-0.39, 0.29) is 29.9 Å². The summed E-state index contributed by atoms with van der Waals surface area (Å²) < 4.78 is 5.09. The minimum atomic E-state index is -0.0863. The second-order valence-corrected chi connectivity index (χ2v) is 6.79. The number of nitrogens with zero attached hydrogens (tertiary/aromatic N) is 2. The Bertz CT molecular complexity index is 587. The zero-order valence-electron chi connectivity index (χ0n) is 15.5. The van der Waals surface area contributed by atoms with Gasteiger partial charge in [0.25, 0.3) is 5.91 Å². The van der Waals surface area contributed by atoms with Gasteiger partial charge in [0.2, 0.25) is 0 Å². The summed E-state index contributed by atoms with van der Waals surface area (Å²) in [6.45, 7) is 7.76. The van der Waals surface area contributed by atoms with Gasteiger partial charge >= 0.3 is 0 Å². The normalized spacial score (nSPS) is 16.2. The minimum Gasteiger partial charge on any atom is -0.497 e. The number of amides is 1. The Morgan fingerprint density at radius 2 is 1.88 bits per heavy atom. The summed E-state index contributed by atoms with van der Waals surface area (Å²) in [7, 11) is 3.40. The Kier molecular flexibility index (Phi) is 8.47. The highest BCUT2D eigenvalue weighted by molar-refractivity contribution is 14.0. The van der Waals surface area contributed by atoms with Crippen LogP contribution in [-0.4, -0.2) is 57.1 Å². The van der Waals surface area contributed by atoms with Gasteiger partial charge in [-0.3, -0.25) is 9.79 Å². The van der Waals surface area contributed by atoms with Crippen LogP contribution in [0.4, 0.5) is 0 Å². The molecule has 1 aliphatic heterocycles. The molecule has 25 heavy (non-hydrogen) atoms. The number of carbonyl (C=O) groups is 1. The van der Waals surface area contributed by atoms with Crippen molar-refractivity contribution in [1.29, 1.82) is 0 Å². The van der Waals surface area contributed by atoms with Crippen LogP contribution in [0.5, 0.6) is 5.75 Å². The maximum atomic E-state index is 12.1. The molecule has 140 valence electrons. The average Bonchev–Trinajstić information content (AvgIpc) is 2.94. The fourth-order valence-corrected chi connectivity index (χ4v) is 2.82. The van der Waals surface area contributed by atoms with Gasteiger partial charge in [-0.1, -0.05) is 13.8 Å². The third-order valence-electron chi connectivity index (χ3n) is 4.23. The molecule has 0 atom stereocenters. The van der Waals surface area contributed by atoms with Gasteiger partial charge in [0.05, 0.1) is 7.11 Å². The lowest BCUT2D eigenvalue weighted by atomic mass is 9.93. The van der Waals surface area contributed by atoms with Crippen LogP contribution in [0.25, 0.3) is 0 Å². The quantitative estimate of drug-likeness (QED) is 0.307. The summed E-state index contributed by atoms with van der Waals surface area (Å²) in [4.78, 5) is 18.7. The summed E-state index contributed by atoms with van der Waals surface area (Å²) in [5.74, 6) is 1.56. The van der Waals surface area contributed by atoms with Crippen molar-refractivity contribution < 1.29 is 9.53 Å². The topological polar surface area (TPSA) is 66.0 Å². The first-order valence-electron chi connectivity index (χ1n) is 8.33. The van der Waals surface area contributed by atoms with Crippen LogP contribution in [0, 0.1) is 5.41 Å². The zero-order chi connectivity index (χ0) is 17.6. The summed E-state index contributed by atoms with van der Waals surface area (Å²) in [5, 5.41) is 6.22. The predicted molar refractivity (Wildman–Crippen MR) is 112 cm³/mol. The number of guanidine groups is 1. The van der Waals surface area contributed by atoms with Gasteiger partial charge in [-0.2, -0.15) is 0 Å². The van der Waals surface area contributed by atoms with E-state index in [1.54, 1.807) is 38.4 Å².